The zero-order valence-corrected chi connectivity index (χ0v) is 11.0. The molecule has 1 aliphatic heterocycles. The molecule has 0 saturated carbocycles. The van der Waals surface area contributed by atoms with E-state index in [4.69, 9.17) is 4.52 Å². The largest absolute Gasteiger partial charge is 0.416 e. The molecule has 0 amide bonds. The molecule has 112 valence electrons. The Bertz CT molecular complexity index is 603. The van der Waals surface area contributed by atoms with Gasteiger partial charge in [-0.3, -0.25) is 0 Å². The predicted octanol–water partition coefficient (Wildman–Crippen LogP) is 2.17. The highest BCUT2D eigenvalue weighted by atomic mass is 19.4. The lowest BCUT2D eigenvalue weighted by Crippen LogP contribution is -2.43. The van der Waals surface area contributed by atoms with Gasteiger partial charge in [0.25, 0.3) is 0 Å². The van der Waals surface area contributed by atoms with Crippen molar-refractivity contribution in [2.75, 3.05) is 31.1 Å². The van der Waals surface area contributed by atoms with Crippen LogP contribution in [0, 0.1) is 0 Å². The molecule has 0 spiro atoms. The number of anilines is 1. The Kier molecular flexibility index (Phi) is 3.54. The quantitative estimate of drug-likeness (QED) is 0.921. The minimum Gasteiger partial charge on any atom is -0.322 e. The summed E-state index contributed by atoms with van der Waals surface area (Å²) in [6.45, 7) is 3.18. The van der Waals surface area contributed by atoms with Crippen molar-refractivity contribution in [1.29, 1.82) is 0 Å². The number of hydrogen-bond acceptors (Lipinski definition) is 5. The normalized spacial score (nSPS) is 16.2. The van der Waals surface area contributed by atoms with Crippen molar-refractivity contribution in [1.82, 2.24) is 15.5 Å². The van der Waals surface area contributed by atoms with E-state index < -0.39 is 11.7 Å². The number of halogens is 3. The van der Waals surface area contributed by atoms with Gasteiger partial charge in [-0.15, -0.1) is 0 Å². The van der Waals surface area contributed by atoms with E-state index in [0.29, 0.717) is 11.6 Å². The molecule has 0 aliphatic carbocycles. The highest BCUT2D eigenvalue weighted by molar-refractivity contribution is 5.56. The Morgan fingerprint density at radius 1 is 1.10 bits per heavy atom. The van der Waals surface area contributed by atoms with Crippen molar-refractivity contribution in [3.8, 4) is 11.4 Å². The van der Waals surface area contributed by atoms with Crippen LogP contribution in [0.3, 0.4) is 0 Å². The van der Waals surface area contributed by atoms with Gasteiger partial charge in [0.2, 0.25) is 5.82 Å². The van der Waals surface area contributed by atoms with Crippen LogP contribution < -0.4 is 10.2 Å². The van der Waals surface area contributed by atoms with Crippen LogP contribution in [-0.4, -0.2) is 36.3 Å². The minimum absolute atomic E-state index is 0.289. The third-order valence-corrected chi connectivity index (χ3v) is 3.27. The smallest absolute Gasteiger partial charge is 0.322 e. The average molecular weight is 298 g/mol. The van der Waals surface area contributed by atoms with Gasteiger partial charge in [-0.05, 0) is 12.1 Å². The molecular weight excluding hydrogens is 285 g/mol. The van der Waals surface area contributed by atoms with Gasteiger partial charge in [0, 0.05) is 31.7 Å². The monoisotopic (exact) mass is 298 g/mol. The first-order chi connectivity index (χ1) is 10.0. The van der Waals surface area contributed by atoms with E-state index in [2.05, 4.69) is 15.5 Å². The first kappa shape index (κ1) is 13.9. The second kappa shape index (κ2) is 5.36. The fourth-order valence-corrected chi connectivity index (χ4v) is 2.13. The average Bonchev–Trinajstić information content (AvgIpc) is 2.97. The molecule has 1 N–H and O–H groups in total. The molecule has 1 fully saturated rings. The molecule has 0 radical (unpaired) electrons. The van der Waals surface area contributed by atoms with Crippen LogP contribution in [0.2, 0.25) is 0 Å². The van der Waals surface area contributed by atoms with Crippen molar-refractivity contribution in [2.45, 2.75) is 6.18 Å². The minimum atomic E-state index is -4.35. The van der Waals surface area contributed by atoms with Crippen LogP contribution in [0.4, 0.5) is 19.2 Å². The van der Waals surface area contributed by atoms with E-state index in [-0.39, 0.29) is 5.82 Å². The van der Waals surface area contributed by atoms with Gasteiger partial charge in [0.05, 0.1) is 5.56 Å². The van der Waals surface area contributed by atoms with Gasteiger partial charge in [-0.2, -0.15) is 18.2 Å². The van der Waals surface area contributed by atoms with Gasteiger partial charge in [-0.1, -0.05) is 17.3 Å². The molecule has 2 heterocycles. The molecular formula is C13H13F3N4O. The Morgan fingerprint density at radius 2 is 1.76 bits per heavy atom. The number of hydrogen-bond donors (Lipinski definition) is 1. The summed E-state index contributed by atoms with van der Waals surface area (Å²) in [5.41, 5.74) is -0.204. The highest BCUT2D eigenvalue weighted by Crippen LogP contribution is 2.30. The molecule has 8 heteroatoms. The SMILES string of the molecule is FC(F)(F)c1ccc(-c2noc(N3CCNCC3)n2)cc1. The maximum absolute atomic E-state index is 12.5. The van der Waals surface area contributed by atoms with Gasteiger partial charge in [0.15, 0.2) is 0 Å². The van der Waals surface area contributed by atoms with Crippen molar-refractivity contribution in [3.05, 3.63) is 29.8 Å². The number of alkyl halides is 3. The maximum atomic E-state index is 12.5. The molecule has 0 unspecified atom stereocenters. The van der Waals surface area contributed by atoms with Crippen molar-refractivity contribution in [2.24, 2.45) is 0 Å². The van der Waals surface area contributed by atoms with Gasteiger partial charge < -0.3 is 14.7 Å². The van der Waals surface area contributed by atoms with E-state index in [1.54, 1.807) is 0 Å². The number of aromatic nitrogens is 2. The van der Waals surface area contributed by atoms with E-state index >= 15 is 0 Å². The van der Waals surface area contributed by atoms with Gasteiger partial charge >= 0.3 is 12.2 Å². The van der Waals surface area contributed by atoms with Gasteiger partial charge in [-0.25, -0.2) is 0 Å². The molecule has 3 rings (SSSR count). The van der Waals surface area contributed by atoms with Crippen LogP contribution in [0.25, 0.3) is 11.4 Å². The topological polar surface area (TPSA) is 54.2 Å². The Labute approximate surface area is 118 Å². The summed E-state index contributed by atoms with van der Waals surface area (Å²) < 4.78 is 42.7. The van der Waals surface area contributed by atoms with Crippen LogP contribution in [0.1, 0.15) is 5.56 Å². The number of benzene rings is 1. The lowest BCUT2D eigenvalue weighted by Gasteiger charge is -2.24. The molecule has 21 heavy (non-hydrogen) atoms. The predicted molar refractivity (Wildman–Crippen MR) is 69.8 cm³/mol. The molecule has 1 aromatic carbocycles. The highest BCUT2D eigenvalue weighted by Gasteiger charge is 2.30. The summed E-state index contributed by atoms with van der Waals surface area (Å²) >= 11 is 0. The number of rotatable bonds is 2. The van der Waals surface area contributed by atoms with E-state index in [1.807, 2.05) is 4.90 Å². The Morgan fingerprint density at radius 3 is 2.38 bits per heavy atom. The number of piperazine rings is 1. The van der Waals surface area contributed by atoms with E-state index in [0.717, 1.165) is 38.3 Å². The molecule has 1 aliphatic rings. The fraction of sp³-hybridized carbons (Fsp3) is 0.385. The Hall–Kier alpha value is -2.09. The number of nitrogens with zero attached hydrogens (tertiary/aromatic N) is 3. The first-order valence-corrected chi connectivity index (χ1v) is 6.51. The first-order valence-electron chi connectivity index (χ1n) is 6.51. The third-order valence-electron chi connectivity index (χ3n) is 3.27. The van der Waals surface area contributed by atoms with Gasteiger partial charge in [0.1, 0.15) is 0 Å². The zero-order valence-electron chi connectivity index (χ0n) is 11.0. The summed E-state index contributed by atoms with van der Waals surface area (Å²) in [5.74, 6) is 0.289. The molecule has 5 nitrogen and oxygen atoms in total. The van der Waals surface area contributed by atoms with Crippen molar-refractivity contribution in [3.63, 3.8) is 0 Å². The molecule has 0 bridgehead atoms. The summed E-state index contributed by atoms with van der Waals surface area (Å²) in [6, 6.07) is 5.10. The van der Waals surface area contributed by atoms with Crippen LogP contribution in [0.15, 0.2) is 28.8 Å². The number of nitrogens with one attached hydrogen (secondary N) is 1. The molecule has 2 aromatic rings. The van der Waals surface area contributed by atoms with Crippen LogP contribution in [0.5, 0.6) is 0 Å². The molecule has 1 saturated heterocycles. The summed E-state index contributed by atoms with van der Waals surface area (Å²) in [7, 11) is 0. The zero-order chi connectivity index (χ0) is 14.9. The second-order valence-corrected chi connectivity index (χ2v) is 4.71. The van der Waals surface area contributed by atoms with Crippen LogP contribution in [-0.2, 0) is 6.18 Å². The third kappa shape index (κ3) is 2.99. The van der Waals surface area contributed by atoms with Crippen molar-refractivity contribution >= 4 is 6.01 Å². The summed E-state index contributed by atoms with van der Waals surface area (Å²) in [4.78, 5) is 6.18. The summed E-state index contributed by atoms with van der Waals surface area (Å²) in [5, 5.41) is 7.03. The van der Waals surface area contributed by atoms with E-state index in [9.17, 15) is 13.2 Å². The van der Waals surface area contributed by atoms with Crippen molar-refractivity contribution < 1.29 is 17.7 Å². The summed E-state index contributed by atoms with van der Waals surface area (Å²) in [6.07, 6.45) is -4.35. The lowest BCUT2D eigenvalue weighted by atomic mass is 10.1. The standard InChI is InChI=1S/C13H13F3N4O/c14-13(15,16)10-3-1-9(2-4-10)11-18-12(21-19-11)20-7-5-17-6-8-20/h1-4,17H,5-8H2. The molecule has 0 atom stereocenters. The Balaban J connectivity index is 1.79. The maximum Gasteiger partial charge on any atom is 0.416 e. The fourth-order valence-electron chi connectivity index (χ4n) is 2.13. The second-order valence-electron chi connectivity index (χ2n) is 4.71. The van der Waals surface area contributed by atoms with E-state index in [1.165, 1.54) is 12.1 Å². The van der Waals surface area contributed by atoms with Crippen LogP contribution >= 0.6 is 0 Å². The molecule has 1 aromatic heterocycles. The lowest BCUT2D eigenvalue weighted by molar-refractivity contribution is -0.137.